The SMILES string of the molecule is CCC(NC(C)CC1CCCCN1C(=O)OC(C)(C)C)C(C)C. The molecule has 0 aromatic rings. The van der Waals surface area contributed by atoms with Crippen molar-refractivity contribution in [3.63, 3.8) is 0 Å². The molecule has 1 rings (SSSR count). The fourth-order valence-corrected chi connectivity index (χ4v) is 3.43. The summed E-state index contributed by atoms with van der Waals surface area (Å²) in [5.74, 6) is 0.635. The van der Waals surface area contributed by atoms with Crippen LogP contribution in [0.1, 0.15) is 80.6 Å². The number of piperidine rings is 1. The maximum absolute atomic E-state index is 12.5. The van der Waals surface area contributed by atoms with Crippen LogP contribution in [0.3, 0.4) is 0 Å². The number of nitrogens with one attached hydrogen (secondary N) is 1. The second kappa shape index (κ2) is 8.91. The van der Waals surface area contributed by atoms with Crippen LogP contribution in [0.4, 0.5) is 4.79 Å². The summed E-state index contributed by atoms with van der Waals surface area (Å²) in [5, 5.41) is 3.74. The van der Waals surface area contributed by atoms with E-state index in [1.807, 2.05) is 25.7 Å². The third-order valence-corrected chi connectivity index (χ3v) is 4.62. The molecule has 0 aromatic heterocycles. The van der Waals surface area contributed by atoms with E-state index < -0.39 is 5.60 Å². The average molecular weight is 327 g/mol. The predicted octanol–water partition coefficient (Wildman–Crippen LogP) is 4.58. The number of amides is 1. The van der Waals surface area contributed by atoms with Crippen LogP contribution in [-0.4, -0.2) is 41.3 Å². The number of nitrogens with zero attached hydrogens (tertiary/aromatic N) is 1. The first-order valence-corrected chi connectivity index (χ1v) is 9.39. The zero-order valence-electron chi connectivity index (χ0n) is 16.3. The molecule has 1 heterocycles. The third kappa shape index (κ3) is 7.11. The van der Waals surface area contributed by atoms with Gasteiger partial charge in [0.25, 0.3) is 0 Å². The molecule has 1 fully saturated rings. The van der Waals surface area contributed by atoms with Gasteiger partial charge in [0, 0.05) is 24.7 Å². The van der Waals surface area contributed by atoms with E-state index in [2.05, 4.69) is 33.0 Å². The molecule has 0 spiro atoms. The maximum Gasteiger partial charge on any atom is 0.410 e. The van der Waals surface area contributed by atoms with Gasteiger partial charge in [-0.3, -0.25) is 0 Å². The van der Waals surface area contributed by atoms with Crippen LogP contribution in [0.5, 0.6) is 0 Å². The van der Waals surface area contributed by atoms with Crippen molar-refractivity contribution < 1.29 is 9.53 Å². The highest BCUT2D eigenvalue weighted by Crippen LogP contribution is 2.24. The lowest BCUT2D eigenvalue weighted by Gasteiger charge is -2.38. The fraction of sp³-hybridized carbons (Fsp3) is 0.947. The molecule has 23 heavy (non-hydrogen) atoms. The van der Waals surface area contributed by atoms with Gasteiger partial charge in [-0.1, -0.05) is 20.8 Å². The molecule has 0 aromatic carbocycles. The summed E-state index contributed by atoms with van der Waals surface area (Å²) in [6.45, 7) is 15.6. The Balaban J connectivity index is 2.62. The molecule has 3 unspecified atom stereocenters. The molecule has 0 radical (unpaired) electrons. The predicted molar refractivity (Wildman–Crippen MR) is 96.7 cm³/mol. The van der Waals surface area contributed by atoms with Crippen LogP contribution in [0.25, 0.3) is 0 Å². The van der Waals surface area contributed by atoms with Gasteiger partial charge in [0.05, 0.1) is 0 Å². The molecule has 1 aliphatic rings. The van der Waals surface area contributed by atoms with E-state index >= 15 is 0 Å². The Kier molecular flexibility index (Phi) is 7.85. The van der Waals surface area contributed by atoms with E-state index in [-0.39, 0.29) is 6.09 Å². The highest BCUT2D eigenvalue weighted by atomic mass is 16.6. The molecule has 1 N–H and O–H groups in total. The lowest BCUT2D eigenvalue weighted by Crippen LogP contribution is -2.49. The highest BCUT2D eigenvalue weighted by Gasteiger charge is 2.31. The Morgan fingerprint density at radius 2 is 1.91 bits per heavy atom. The van der Waals surface area contributed by atoms with Gasteiger partial charge >= 0.3 is 6.09 Å². The zero-order chi connectivity index (χ0) is 17.6. The summed E-state index contributed by atoms with van der Waals surface area (Å²) < 4.78 is 5.60. The van der Waals surface area contributed by atoms with Gasteiger partial charge in [0.1, 0.15) is 5.60 Å². The van der Waals surface area contributed by atoms with Crippen molar-refractivity contribution in [2.24, 2.45) is 5.92 Å². The number of carbonyl (C=O) groups excluding carboxylic acids is 1. The second-order valence-electron chi connectivity index (χ2n) is 8.39. The van der Waals surface area contributed by atoms with Crippen molar-refractivity contribution >= 4 is 6.09 Å². The molecule has 1 aliphatic heterocycles. The van der Waals surface area contributed by atoms with E-state index in [4.69, 9.17) is 4.74 Å². The summed E-state index contributed by atoms with van der Waals surface area (Å²) in [4.78, 5) is 14.4. The van der Waals surface area contributed by atoms with Crippen LogP contribution >= 0.6 is 0 Å². The van der Waals surface area contributed by atoms with E-state index in [1.165, 1.54) is 6.42 Å². The molecule has 4 heteroatoms. The number of likely N-dealkylation sites (tertiary alicyclic amines) is 1. The van der Waals surface area contributed by atoms with Crippen molar-refractivity contribution in [1.29, 1.82) is 0 Å². The maximum atomic E-state index is 12.5. The van der Waals surface area contributed by atoms with E-state index in [0.717, 1.165) is 32.2 Å². The van der Waals surface area contributed by atoms with E-state index in [9.17, 15) is 4.79 Å². The van der Waals surface area contributed by atoms with Crippen LogP contribution in [0, 0.1) is 5.92 Å². The lowest BCUT2D eigenvalue weighted by atomic mass is 9.95. The van der Waals surface area contributed by atoms with Crippen molar-refractivity contribution in [2.45, 2.75) is 104 Å². The van der Waals surface area contributed by atoms with Gasteiger partial charge < -0.3 is 15.0 Å². The topological polar surface area (TPSA) is 41.6 Å². The Morgan fingerprint density at radius 3 is 2.43 bits per heavy atom. The minimum Gasteiger partial charge on any atom is -0.444 e. The first-order chi connectivity index (χ1) is 10.6. The number of rotatable bonds is 6. The second-order valence-corrected chi connectivity index (χ2v) is 8.39. The Hall–Kier alpha value is -0.770. The summed E-state index contributed by atoms with van der Waals surface area (Å²) in [6.07, 6.45) is 5.37. The molecule has 1 amide bonds. The Labute approximate surface area is 143 Å². The fourth-order valence-electron chi connectivity index (χ4n) is 3.43. The van der Waals surface area contributed by atoms with Crippen molar-refractivity contribution in [3.05, 3.63) is 0 Å². The smallest absolute Gasteiger partial charge is 0.410 e. The Bertz CT molecular complexity index is 363. The number of hydrogen-bond donors (Lipinski definition) is 1. The molecular weight excluding hydrogens is 288 g/mol. The van der Waals surface area contributed by atoms with Crippen LogP contribution in [0.15, 0.2) is 0 Å². The quantitative estimate of drug-likeness (QED) is 0.777. The molecule has 1 saturated heterocycles. The molecular formula is C19H38N2O2. The largest absolute Gasteiger partial charge is 0.444 e. The summed E-state index contributed by atoms with van der Waals surface area (Å²) in [7, 11) is 0. The van der Waals surface area contributed by atoms with Crippen LogP contribution in [0.2, 0.25) is 0 Å². The minimum absolute atomic E-state index is 0.148. The first-order valence-electron chi connectivity index (χ1n) is 9.39. The molecule has 0 bridgehead atoms. The zero-order valence-corrected chi connectivity index (χ0v) is 16.3. The van der Waals surface area contributed by atoms with Gasteiger partial charge in [0.15, 0.2) is 0 Å². The average Bonchev–Trinajstić information content (AvgIpc) is 2.43. The lowest BCUT2D eigenvalue weighted by molar-refractivity contribution is 0.00769. The van der Waals surface area contributed by atoms with Gasteiger partial charge in [0.2, 0.25) is 0 Å². The van der Waals surface area contributed by atoms with E-state index in [0.29, 0.717) is 24.0 Å². The highest BCUT2D eigenvalue weighted by molar-refractivity contribution is 5.68. The first kappa shape index (κ1) is 20.3. The van der Waals surface area contributed by atoms with Crippen LogP contribution < -0.4 is 5.32 Å². The van der Waals surface area contributed by atoms with Crippen LogP contribution in [-0.2, 0) is 4.74 Å². The minimum atomic E-state index is -0.423. The third-order valence-electron chi connectivity index (χ3n) is 4.62. The summed E-state index contributed by atoms with van der Waals surface area (Å²) in [5.41, 5.74) is -0.423. The van der Waals surface area contributed by atoms with Gasteiger partial charge in [-0.2, -0.15) is 0 Å². The molecule has 0 aliphatic carbocycles. The number of carbonyl (C=O) groups is 1. The van der Waals surface area contributed by atoms with Crippen molar-refractivity contribution in [1.82, 2.24) is 10.2 Å². The molecule has 0 saturated carbocycles. The molecule has 4 nitrogen and oxygen atoms in total. The molecule has 136 valence electrons. The van der Waals surface area contributed by atoms with Gasteiger partial charge in [-0.05, 0) is 65.7 Å². The number of ether oxygens (including phenoxy) is 1. The van der Waals surface area contributed by atoms with Gasteiger partial charge in [-0.25, -0.2) is 4.79 Å². The Morgan fingerprint density at radius 1 is 1.26 bits per heavy atom. The van der Waals surface area contributed by atoms with Crippen molar-refractivity contribution in [2.75, 3.05) is 6.54 Å². The van der Waals surface area contributed by atoms with Crippen molar-refractivity contribution in [3.8, 4) is 0 Å². The monoisotopic (exact) mass is 326 g/mol. The number of hydrogen-bond acceptors (Lipinski definition) is 3. The van der Waals surface area contributed by atoms with Gasteiger partial charge in [-0.15, -0.1) is 0 Å². The summed E-state index contributed by atoms with van der Waals surface area (Å²) in [6, 6.07) is 1.25. The summed E-state index contributed by atoms with van der Waals surface area (Å²) >= 11 is 0. The standard InChI is InChI=1S/C19H38N2O2/c1-8-17(14(2)3)20-15(4)13-16-11-9-10-12-21(16)18(22)23-19(5,6)7/h14-17,20H,8-13H2,1-7H3. The normalized spacial score (nSPS) is 22.1. The van der Waals surface area contributed by atoms with E-state index in [1.54, 1.807) is 0 Å². The molecule has 3 atom stereocenters.